The van der Waals surface area contributed by atoms with Crippen LogP contribution in [0.1, 0.15) is 43.1 Å². The van der Waals surface area contributed by atoms with Crippen LogP contribution in [0.25, 0.3) is 0 Å². The molecule has 0 radical (unpaired) electrons. The van der Waals surface area contributed by atoms with Gasteiger partial charge in [0, 0.05) is 18.7 Å². The molecule has 2 amide bonds. The van der Waals surface area contributed by atoms with Gasteiger partial charge in [-0.3, -0.25) is 9.59 Å². The lowest BCUT2D eigenvalue weighted by Crippen LogP contribution is -2.49. The molecule has 1 aromatic rings. The Morgan fingerprint density at radius 1 is 1.13 bits per heavy atom. The number of hydrogen-bond donors (Lipinski definition) is 1. The normalized spacial score (nSPS) is 19.7. The molecular formula is C21H30N2O6S. The molecule has 166 valence electrons. The lowest BCUT2D eigenvalue weighted by atomic mass is 10.0. The minimum Gasteiger partial charge on any atom is -0.451 e. The van der Waals surface area contributed by atoms with Crippen molar-refractivity contribution in [3.8, 4) is 0 Å². The first-order valence-electron chi connectivity index (χ1n) is 9.96. The summed E-state index contributed by atoms with van der Waals surface area (Å²) in [7, 11) is -1.63. The van der Waals surface area contributed by atoms with Crippen molar-refractivity contribution >= 4 is 27.6 Å². The van der Waals surface area contributed by atoms with Crippen LogP contribution in [-0.2, 0) is 24.2 Å². The Bertz CT molecular complexity index is 895. The monoisotopic (exact) mass is 438 g/mol. The Morgan fingerprint density at radius 2 is 1.73 bits per heavy atom. The highest BCUT2D eigenvalue weighted by Crippen LogP contribution is 2.18. The zero-order valence-corrected chi connectivity index (χ0v) is 18.9. The van der Waals surface area contributed by atoms with Crippen molar-refractivity contribution in [2.75, 3.05) is 18.6 Å². The molecule has 1 heterocycles. The topological polar surface area (TPSA) is 110 Å². The van der Waals surface area contributed by atoms with Crippen molar-refractivity contribution in [1.82, 2.24) is 10.2 Å². The second-order valence-corrected chi connectivity index (χ2v) is 10.4. The molecule has 1 aliphatic rings. The molecule has 0 saturated carbocycles. The van der Waals surface area contributed by atoms with Gasteiger partial charge in [-0.25, -0.2) is 13.2 Å². The van der Waals surface area contributed by atoms with Crippen LogP contribution in [0.3, 0.4) is 0 Å². The van der Waals surface area contributed by atoms with Crippen LogP contribution in [0, 0.1) is 12.8 Å². The fourth-order valence-electron chi connectivity index (χ4n) is 3.27. The Morgan fingerprint density at radius 3 is 2.23 bits per heavy atom. The molecule has 0 spiro atoms. The summed E-state index contributed by atoms with van der Waals surface area (Å²) in [6.45, 7) is 6.89. The average Bonchev–Trinajstić information content (AvgIpc) is 3.04. The molecule has 0 bridgehead atoms. The number of rotatable bonds is 7. The molecule has 0 aromatic heterocycles. The standard InChI is InChI=1S/C21H30N2O6S/c1-13(2)18(22-19(24)16-8-6-14(3)7-9-16)21(26)29-15(4)20(25)23(5)17-10-11-30(27,28)12-17/h6-9,13,15,17-18H,10-12H2,1-5H3,(H,22,24)/t15-,17-,18+/m1/s1. The number of nitrogens with zero attached hydrogens (tertiary/aromatic N) is 1. The predicted octanol–water partition coefficient (Wildman–Crippen LogP) is 1.33. The van der Waals surface area contributed by atoms with E-state index in [1.165, 1.54) is 18.9 Å². The number of nitrogens with one attached hydrogen (secondary N) is 1. The van der Waals surface area contributed by atoms with Crippen molar-refractivity contribution in [2.24, 2.45) is 5.92 Å². The van der Waals surface area contributed by atoms with Crippen LogP contribution < -0.4 is 5.32 Å². The largest absolute Gasteiger partial charge is 0.451 e. The first kappa shape index (κ1) is 23.9. The van der Waals surface area contributed by atoms with Crippen LogP contribution in [0.15, 0.2) is 24.3 Å². The number of aryl methyl sites for hydroxylation is 1. The average molecular weight is 439 g/mol. The third kappa shape index (κ3) is 6.04. The summed E-state index contributed by atoms with van der Waals surface area (Å²) in [4.78, 5) is 39.1. The number of carbonyl (C=O) groups excluding carboxylic acids is 3. The second kappa shape index (κ2) is 9.59. The number of hydrogen-bond acceptors (Lipinski definition) is 6. The number of esters is 1. The Hall–Kier alpha value is -2.42. The minimum atomic E-state index is -3.14. The number of amides is 2. The van der Waals surface area contributed by atoms with Gasteiger partial charge in [0.25, 0.3) is 11.8 Å². The van der Waals surface area contributed by atoms with Gasteiger partial charge in [0.1, 0.15) is 6.04 Å². The maximum atomic E-state index is 12.7. The number of likely N-dealkylation sites (N-methyl/N-ethyl adjacent to an activating group) is 1. The van der Waals surface area contributed by atoms with Crippen LogP contribution in [0.2, 0.25) is 0 Å². The lowest BCUT2D eigenvalue weighted by Gasteiger charge is -2.28. The lowest BCUT2D eigenvalue weighted by molar-refractivity contribution is -0.161. The van der Waals surface area contributed by atoms with Crippen molar-refractivity contribution in [3.05, 3.63) is 35.4 Å². The minimum absolute atomic E-state index is 0.0456. The summed E-state index contributed by atoms with van der Waals surface area (Å²) >= 11 is 0. The number of sulfone groups is 1. The highest BCUT2D eigenvalue weighted by atomic mass is 32.2. The maximum absolute atomic E-state index is 12.7. The van der Waals surface area contributed by atoms with Gasteiger partial charge in [-0.15, -0.1) is 0 Å². The van der Waals surface area contributed by atoms with E-state index in [1.807, 2.05) is 6.92 Å². The van der Waals surface area contributed by atoms with Crippen molar-refractivity contribution in [2.45, 2.75) is 52.3 Å². The van der Waals surface area contributed by atoms with Gasteiger partial charge in [-0.1, -0.05) is 31.5 Å². The molecule has 2 rings (SSSR count). The van der Waals surface area contributed by atoms with E-state index in [4.69, 9.17) is 4.74 Å². The highest BCUT2D eigenvalue weighted by Gasteiger charge is 2.36. The molecule has 8 nitrogen and oxygen atoms in total. The number of benzene rings is 1. The van der Waals surface area contributed by atoms with Gasteiger partial charge in [0.15, 0.2) is 15.9 Å². The molecule has 1 N–H and O–H groups in total. The molecule has 0 aliphatic carbocycles. The second-order valence-electron chi connectivity index (χ2n) is 8.15. The van der Waals surface area contributed by atoms with Crippen LogP contribution >= 0.6 is 0 Å². The van der Waals surface area contributed by atoms with E-state index in [9.17, 15) is 22.8 Å². The molecule has 30 heavy (non-hydrogen) atoms. The highest BCUT2D eigenvalue weighted by molar-refractivity contribution is 7.91. The van der Waals surface area contributed by atoms with E-state index in [0.29, 0.717) is 12.0 Å². The van der Waals surface area contributed by atoms with Gasteiger partial charge in [0.05, 0.1) is 11.5 Å². The fourth-order valence-corrected chi connectivity index (χ4v) is 5.05. The van der Waals surface area contributed by atoms with E-state index in [2.05, 4.69) is 5.32 Å². The van der Waals surface area contributed by atoms with Gasteiger partial charge in [-0.05, 0) is 38.3 Å². The zero-order valence-electron chi connectivity index (χ0n) is 18.0. The summed E-state index contributed by atoms with van der Waals surface area (Å²) in [6.07, 6.45) is -0.727. The van der Waals surface area contributed by atoms with Crippen molar-refractivity contribution in [1.29, 1.82) is 0 Å². The number of ether oxygens (including phenoxy) is 1. The Kier molecular flexibility index (Phi) is 7.63. The molecule has 9 heteroatoms. The van der Waals surface area contributed by atoms with Gasteiger partial charge < -0.3 is 15.0 Å². The summed E-state index contributed by atoms with van der Waals surface area (Å²) in [5.41, 5.74) is 1.43. The quantitative estimate of drug-likeness (QED) is 0.643. The maximum Gasteiger partial charge on any atom is 0.329 e. The summed E-state index contributed by atoms with van der Waals surface area (Å²) in [5.74, 6) is -1.89. The molecule has 1 fully saturated rings. The van der Waals surface area contributed by atoms with Crippen LogP contribution in [0.4, 0.5) is 0 Å². The molecular weight excluding hydrogens is 408 g/mol. The van der Waals surface area contributed by atoms with Crippen molar-refractivity contribution in [3.63, 3.8) is 0 Å². The van der Waals surface area contributed by atoms with E-state index < -0.39 is 45.8 Å². The smallest absolute Gasteiger partial charge is 0.329 e. The summed E-state index contributed by atoms with van der Waals surface area (Å²) < 4.78 is 28.6. The first-order valence-corrected chi connectivity index (χ1v) is 11.8. The molecule has 0 unspecified atom stereocenters. The Balaban J connectivity index is 2.00. The van der Waals surface area contributed by atoms with Gasteiger partial charge in [-0.2, -0.15) is 0 Å². The third-order valence-electron chi connectivity index (χ3n) is 5.27. The summed E-state index contributed by atoms with van der Waals surface area (Å²) in [5, 5.41) is 2.67. The van der Waals surface area contributed by atoms with Crippen LogP contribution in [0.5, 0.6) is 0 Å². The van der Waals surface area contributed by atoms with Gasteiger partial charge >= 0.3 is 5.97 Å². The van der Waals surface area contributed by atoms with Gasteiger partial charge in [0.2, 0.25) is 0 Å². The van der Waals surface area contributed by atoms with E-state index >= 15 is 0 Å². The van der Waals surface area contributed by atoms with E-state index in [1.54, 1.807) is 38.1 Å². The fraction of sp³-hybridized carbons (Fsp3) is 0.571. The van der Waals surface area contributed by atoms with E-state index in [-0.39, 0.29) is 17.4 Å². The molecule has 1 aliphatic heterocycles. The summed E-state index contributed by atoms with van der Waals surface area (Å²) in [6, 6.07) is 5.60. The van der Waals surface area contributed by atoms with Crippen LogP contribution in [-0.4, -0.2) is 67.8 Å². The number of carbonyl (C=O) groups is 3. The first-order chi connectivity index (χ1) is 13.9. The zero-order chi connectivity index (χ0) is 22.6. The van der Waals surface area contributed by atoms with Crippen molar-refractivity contribution < 1.29 is 27.5 Å². The Labute approximate surface area is 177 Å². The third-order valence-corrected chi connectivity index (χ3v) is 7.02. The molecule has 3 atom stereocenters. The predicted molar refractivity (Wildman–Crippen MR) is 113 cm³/mol. The molecule has 1 aromatic carbocycles. The SMILES string of the molecule is Cc1ccc(C(=O)N[C@H](C(=O)O[C@H](C)C(=O)N(C)[C@@H]2CCS(=O)(=O)C2)C(C)C)cc1. The molecule has 1 saturated heterocycles. The van der Waals surface area contributed by atoms with E-state index in [0.717, 1.165) is 5.56 Å².